The van der Waals surface area contributed by atoms with Crippen molar-refractivity contribution in [3.63, 3.8) is 0 Å². The van der Waals surface area contributed by atoms with Crippen LogP contribution in [0.25, 0.3) is 0 Å². The highest BCUT2D eigenvalue weighted by molar-refractivity contribution is 6.28. The monoisotopic (exact) mass is 229 g/mol. The van der Waals surface area contributed by atoms with Crippen LogP contribution in [0.1, 0.15) is 26.5 Å². The van der Waals surface area contributed by atoms with Gasteiger partial charge in [0.25, 0.3) is 0 Å². The fourth-order valence-electron chi connectivity index (χ4n) is 1.39. The first-order chi connectivity index (χ1) is 6.84. The lowest BCUT2D eigenvalue weighted by atomic mass is 10.1. The zero-order chi connectivity index (χ0) is 11.6. The molecule has 0 unspecified atom stereocenters. The molecular formula is C10H16ClN3O. The van der Waals surface area contributed by atoms with Gasteiger partial charge in [-0.15, -0.1) is 11.6 Å². The fourth-order valence-corrected chi connectivity index (χ4v) is 1.46. The lowest BCUT2D eigenvalue weighted by Gasteiger charge is -2.20. The lowest BCUT2D eigenvalue weighted by Crippen LogP contribution is -2.24. The Morgan fingerprint density at radius 3 is 2.60 bits per heavy atom. The van der Waals surface area contributed by atoms with Gasteiger partial charge in [0, 0.05) is 11.8 Å². The molecule has 84 valence electrons. The summed E-state index contributed by atoms with van der Waals surface area (Å²) >= 11 is 5.39. The number of aryl methyl sites for hydroxylation is 1. The average Bonchev–Trinajstić information content (AvgIpc) is 2.45. The van der Waals surface area contributed by atoms with Crippen molar-refractivity contribution < 1.29 is 4.79 Å². The second-order valence-corrected chi connectivity index (χ2v) is 4.70. The van der Waals surface area contributed by atoms with Crippen LogP contribution in [0, 0.1) is 6.92 Å². The van der Waals surface area contributed by atoms with Gasteiger partial charge in [0.1, 0.15) is 5.88 Å². The molecular weight excluding hydrogens is 214 g/mol. The minimum atomic E-state index is -0.241. The minimum Gasteiger partial charge on any atom is -0.308 e. The Morgan fingerprint density at radius 2 is 2.20 bits per heavy atom. The molecule has 0 aromatic carbocycles. The maximum absolute atomic E-state index is 11.1. The maximum Gasteiger partial charge on any atom is 0.240 e. The number of hydrogen-bond acceptors (Lipinski definition) is 2. The van der Waals surface area contributed by atoms with E-state index in [4.69, 9.17) is 11.6 Å². The quantitative estimate of drug-likeness (QED) is 0.790. The number of amides is 1. The summed E-state index contributed by atoms with van der Waals surface area (Å²) in [5.41, 5.74) is 0.918. The van der Waals surface area contributed by atoms with Gasteiger partial charge in [-0.1, -0.05) is 0 Å². The first-order valence-corrected chi connectivity index (χ1v) is 5.31. The Kier molecular flexibility index (Phi) is 3.39. The van der Waals surface area contributed by atoms with Crippen LogP contribution in [-0.4, -0.2) is 21.6 Å². The minimum absolute atomic E-state index is 0.0541. The van der Waals surface area contributed by atoms with E-state index in [1.54, 1.807) is 0 Å². The Balaban J connectivity index is 2.91. The van der Waals surface area contributed by atoms with E-state index in [2.05, 4.69) is 31.2 Å². The van der Waals surface area contributed by atoms with E-state index in [0.717, 1.165) is 5.69 Å². The molecule has 1 N–H and O–H groups in total. The van der Waals surface area contributed by atoms with Crippen molar-refractivity contribution in [2.24, 2.45) is 0 Å². The molecule has 4 nitrogen and oxygen atoms in total. The van der Waals surface area contributed by atoms with Crippen molar-refractivity contribution in [2.75, 3.05) is 11.2 Å². The summed E-state index contributed by atoms with van der Waals surface area (Å²) in [4.78, 5) is 11.1. The van der Waals surface area contributed by atoms with Crippen LogP contribution in [0.4, 0.5) is 5.82 Å². The second kappa shape index (κ2) is 4.23. The molecule has 0 fully saturated rings. The van der Waals surface area contributed by atoms with Crippen molar-refractivity contribution in [3.05, 3.63) is 11.8 Å². The number of rotatable bonds is 2. The third-order valence-electron chi connectivity index (χ3n) is 1.91. The fraction of sp³-hybridized carbons (Fsp3) is 0.600. The predicted molar refractivity (Wildman–Crippen MR) is 61.3 cm³/mol. The zero-order valence-electron chi connectivity index (χ0n) is 9.47. The number of carbonyl (C=O) groups is 1. The molecule has 0 aliphatic carbocycles. The number of anilines is 1. The van der Waals surface area contributed by atoms with E-state index in [0.29, 0.717) is 5.82 Å². The molecule has 5 heteroatoms. The normalized spacial score (nSPS) is 11.5. The summed E-state index contributed by atoms with van der Waals surface area (Å²) in [6.07, 6.45) is 0. The Bertz CT molecular complexity index is 365. The first kappa shape index (κ1) is 12.0. The summed E-state index contributed by atoms with van der Waals surface area (Å²) < 4.78 is 1.87. The largest absolute Gasteiger partial charge is 0.308 e. The number of carbonyl (C=O) groups excluding carboxylic acids is 1. The van der Waals surface area contributed by atoms with E-state index >= 15 is 0 Å². The van der Waals surface area contributed by atoms with Crippen molar-refractivity contribution in [1.29, 1.82) is 0 Å². The van der Waals surface area contributed by atoms with Crippen LogP contribution in [0.3, 0.4) is 0 Å². The standard InChI is InChI=1S/C10H16ClN3O/c1-7-5-8(12-9(15)6-11)13-14(7)10(2,3)4/h5H,6H2,1-4H3,(H,12,13,15). The van der Waals surface area contributed by atoms with E-state index in [9.17, 15) is 4.79 Å². The molecule has 0 aliphatic heterocycles. The molecule has 0 aliphatic rings. The molecule has 0 radical (unpaired) electrons. The van der Waals surface area contributed by atoms with E-state index < -0.39 is 0 Å². The van der Waals surface area contributed by atoms with Crippen molar-refractivity contribution >= 4 is 23.3 Å². The number of alkyl halides is 1. The second-order valence-electron chi connectivity index (χ2n) is 4.44. The molecule has 1 heterocycles. The van der Waals surface area contributed by atoms with Crippen LogP contribution in [0.2, 0.25) is 0 Å². The van der Waals surface area contributed by atoms with E-state index in [1.807, 2.05) is 17.7 Å². The molecule has 1 rings (SSSR count). The molecule has 1 aromatic rings. The van der Waals surface area contributed by atoms with Gasteiger partial charge in [0.05, 0.1) is 5.54 Å². The van der Waals surface area contributed by atoms with Gasteiger partial charge in [0.15, 0.2) is 5.82 Å². The van der Waals surface area contributed by atoms with Gasteiger partial charge in [-0.2, -0.15) is 5.10 Å². The SMILES string of the molecule is Cc1cc(NC(=O)CCl)nn1C(C)(C)C. The first-order valence-electron chi connectivity index (χ1n) is 4.77. The Labute approximate surface area is 94.6 Å². The lowest BCUT2D eigenvalue weighted by molar-refractivity contribution is -0.113. The summed E-state index contributed by atoms with van der Waals surface area (Å²) in [6, 6.07) is 1.83. The number of hydrogen-bond donors (Lipinski definition) is 1. The van der Waals surface area contributed by atoms with Crippen LogP contribution in [0.15, 0.2) is 6.07 Å². The maximum atomic E-state index is 11.1. The molecule has 0 atom stereocenters. The van der Waals surface area contributed by atoms with Gasteiger partial charge in [-0.05, 0) is 27.7 Å². The Hall–Kier alpha value is -1.03. The van der Waals surface area contributed by atoms with Gasteiger partial charge >= 0.3 is 0 Å². The third-order valence-corrected chi connectivity index (χ3v) is 2.15. The zero-order valence-corrected chi connectivity index (χ0v) is 10.2. The van der Waals surface area contributed by atoms with Gasteiger partial charge in [-0.25, -0.2) is 0 Å². The molecule has 1 aromatic heterocycles. The van der Waals surface area contributed by atoms with Gasteiger partial charge < -0.3 is 5.32 Å². The highest BCUT2D eigenvalue weighted by Gasteiger charge is 2.17. The molecule has 0 saturated carbocycles. The number of nitrogens with zero attached hydrogens (tertiary/aromatic N) is 2. The molecule has 0 spiro atoms. The van der Waals surface area contributed by atoms with Gasteiger partial charge in [-0.3, -0.25) is 9.48 Å². The van der Waals surface area contributed by atoms with Crippen molar-refractivity contribution in [1.82, 2.24) is 9.78 Å². The van der Waals surface area contributed by atoms with Crippen LogP contribution >= 0.6 is 11.6 Å². The number of aromatic nitrogens is 2. The van der Waals surface area contributed by atoms with Crippen LogP contribution in [-0.2, 0) is 10.3 Å². The van der Waals surface area contributed by atoms with E-state index in [-0.39, 0.29) is 17.3 Å². The summed E-state index contributed by atoms with van der Waals surface area (Å²) in [7, 11) is 0. The van der Waals surface area contributed by atoms with Crippen LogP contribution in [0.5, 0.6) is 0 Å². The van der Waals surface area contributed by atoms with Crippen molar-refractivity contribution in [2.45, 2.75) is 33.2 Å². The third kappa shape index (κ3) is 2.96. The van der Waals surface area contributed by atoms with E-state index in [1.165, 1.54) is 0 Å². The van der Waals surface area contributed by atoms with Gasteiger partial charge in [0.2, 0.25) is 5.91 Å². The molecule has 15 heavy (non-hydrogen) atoms. The molecule has 1 amide bonds. The summed E-state index contributed by atoms with van der Waals surface area (Å²) in [5.74, 6) is 0.254. The topological polar surface area (TPSA) is 46.9 Å². The predicted octanol–water partition coefficient (Wildman–Crippen LogP) is 2.12. The highest BCUT2D eigenvalue weighted by atomic mass is 35.5. The van der Waals surface area contributed by atoms with Crippen LogP contribution < -0.4 is 5.32 Å². The molecule has 0 saturated heterocycles. The number of nitrogens with one attached hydrogen (secondary N) is 1. The number of halogens is 1. The van der Waals surface area contributed by atoms with Crippen molar-refractivity contribution in [3.8, 4) is 0 Å². The summed E-state index contributed by atoms with van der Waals surface area (Å²) in [5, 5.41) is 6.92. The summed E-state index contributed by atoms with van der Waals surface area (Å²) in [6.45, 7) is 8.12. The average molecular weight is 230 g/mol. The molecule has 0 bridgehead atoms. The smallest absolute Gasteiger partial charge is 0.240 e. The Morgan fingerprint density at radius 1 is 1.60 bits per heavy atom. The highest BCUT2D eigenvalue weighted by Crippen LogP contribution is 2.18.